The molecule has 142 valence electrons. The molecule has 1 aromatic carbocycles. The van der Waals surface area contributed by atoms with Gasteiger partial charge in [0.05, 0.1) is 0 Å². The molecule has 3 rings (SSSR count). The van der Waals surface area contributed by atoms with Crippen LogP contribution in [0.3, 0.4) is 0 Å². The Labute approximate surface area is 156 Å². The molecule has 0 radical (unpaired) electrons. The van der Waals surface area contributed by atoms with Gasteiger partial charge in [-0.05, 0) is 30.5 Å². The molecule has 0 bridgehead atoms. The van der Waals surface area contributed by atoms with Crippen LogP contribution in [-0.4, -0.2) is 65.8 Å². The van der Waals surface area contributed by atoms with Gasteiger partial charge in [0.2, 0.25) is 11.8 Å². The lowest BCUT2D eigenvalue weighted by molar-refractivity contribution is -0.147. The summed E-state index contributed by atoms with van der Waals surface area (Å²) in [7, 11) is 0. The van der Waals surface area contributed by atoms with Gasteiger partial charge in [-0.2, -0.15) is 0 Å². The average Bonchev–Trinajstić information content (AvgIpc) is 2.70. The Kier molecular flexibility index (Phi) is 6.30. The standard InChI is InChI=1S/C21H31N3O2/c1-3-5-11-22-13-15-23(16-14-22)21(26)20-18-9-7-6-8-17(18)10-12-24(20)19(25)4-2/h6-9,20H,3-5,10-16H2,1-2H3/t20-/m1/s1. The Balaban J connectivity index is 1.76. The van der Waals surface area contributed by atoms with E-state index in [2.05, 4.69) is 17.9 Å². The highest BCUT2D eigenvalue weighted by molar-refractivity contribution is 5.89. The molecule has 0 aliphatic carbocycles. The summed E-state index contributed by atoms with van der Waals surface area (Å²) in [5.41, 5.74) is 2.21. The molecule has 2 amide bonds. The zero-order chi connectivity index (χ0) is 18.5. The zero-order valence-corrected chi connectivity index (χ0v) is 16.1. The van der Waals surface area contributed by atoms with Crippen molar-refractivity contribution in [2.45, 2.75) is 45.6 Å². The number of benzene rings is 1. The van der Waals surface area contributed by atoms with E-state index in [1.54, 1.807) is 4.90 Å². The highest BCUT2D eigenvalue weighted by Gasteiger charge is 2.38. The quantitative estimate of drug-likeness (QED) is 0.813. The van der Waals surface area contributed by atoms with Crippen molar-refractivity contribution in [1.82, 2.24) is 14.7 Å². The molecule has 1 saturated heterocycles. The molecular formula is C21H31N3O2. The van der Waals surface area contributed by atoms with Gasteiger partial charge in [-0.1, -0.05) is 44.5 Å². The second-order valence-electron chi connectivity index (χ2n) is 7.31. The summed E-state index contributed by atoms with van der Waals surface area (Å²) in [4.78, 5) is 32.1. The molecule has 2 aliphatic rings. The van der Waals surface area contributed by atoms with Crippen molar-refractivity contribution in [2.75, 3.05) is 39.3 Å². The predicted octanol–water partition coefficient (Wildman–Crippen LogP) is 2.47. The van der Waals surface area contributed by atoms with Crippen LogP contribution in [0.4, 0.5) is 0 Å². The lowest BCUT2D eigenvalue weighted by Crippen LogP contribution is -2.54. The van der Waals surface area contributed by atoms with E-state index in [0.29, 0.717) is 13.0 Å². The van der Waals surface area contributed by atoms with Crippen LogP contribution in [0.5, 0.6) is 0 Å². The predicted molar refractivity (Wildman–Crippen MR) is 103 cm³/mol. The van der Waals surface area contributed by atoms with E-state index < -0.39 is 6.04 Å². The Morgan fingerprint density at radius 2 is 1.77 bits per heavy atom. The number of amides is 2. The number of hydrogen-bond donors (Lipinski definition) is 0. The molecule has 5 nitrogen and oxygen atoms in total. The van der Waals surface area contributed by atoms with E-state index in [-0.39, 0.29) is 11.8 Å². The second-order valence-corrected chi connectivity index (χ2v) is 7.31. The van der Waals surface area contributed by atoms with E-state index in [9.17, 15) is 9.59 Å². The number of fused-ring (bicyclic) bond motifs is 1. The monoisotopic (exact) mass is 357 g/mol. The van der Waals surface area contributed by atoms with Gasteiger partial charge in [-0.25, -0.2) is 0 Å². The summed E-state index contributed by atoms with van der Waals surface area (Å²) in [5, 5.41) is 0. The Hall–Kier alpha value is -1.88. The van der Waals surface area contributed by atoms with Gasteiger partial charge < -0.3 is 9.80 Å². The topological polar surface area (TPSA) is 43.9 Å². The third-order valence-corrected chi connectivity index (χ3v) is 5.65. The Bertz CT molecular complexity index is 638. The molecular weight excluding hydrogens is 326 g/mol. The fourth-order valence-electron chi connectivity index (χ4n) is 4.05. The molecule has 1 atom stereocenters. The third-order valence-electron chi connectivity index (χ3n) is 5.65. The highest BCUT2D eigenvalue weighted by Crippen LogP contribution is 2.32. The van der Waals surface area contributed by atoms with Crippen LogP contribution in [-0.2, 0) is 16.0 Å². The van der Waals surface area contributed by atoms with Crippen molar-refractivity contribution < 1.29 is 9.59 Å². The van der Waals surface area contributed by atoms with Crippen molar-refractivity contribution in [3.05, 3.63) is 35.4 Å². The normalized spacial score (nSPS) is 20.8. The van der Waals surface area contributed by atoms with Crippen LogP contribution in [0.1, 0.15) is 50.3 Å². The summed E-state index contributed by atoms with van der Waals surface area (Å²) in [5.74, 6) is 0.161. The van der Waals surface area contributed by atoms with Crippen LogP contribution >= 0.6 is 0 Å². The Morgan fingerprint density at radius 3 is 2.46 bits per heavy atom. The van der Waals surface area contributed by atoms with E-state index in [4.69, 9.17) is 0 Å². The number of carbonyl (C=O) groups excluding carboxylic acids is 2. The van der Waals surface area contributed by atoms with Crippen LogP contribution in [0.25, 0.3) is 0 Å². The molecule has 0 spiro atoms. The average molecular weight is 357 g/mol. The van der Waals surface area contributed by atoms with Gasteiger partial charge in [-0.15, -0.1) is 0 Å². The summed E-state index contributed by atoms with van der Waals surface area (Å²) >= 11 is 0. The van der Waals surface area contributed by atoms with Gasteiger partial charge >= 0.3 is 0 Å². The molecule has 1 aromatic rings. The number of nitrogens with zero attached hydrogens (tertiary/aromatic N) is 3. The number of hydrogen-bond acceptors (Lipinski definition) is 3. The van der Waals surface area contributed by atoms with Crippen molar-refractivity contribution in [2.24, 2.45) is 0 Å². The summed E-state index contributed by atoms with van der Waals surface area (Å²) in [6, 6.07) is 7.65. The first kappa shape index (κ1) is 18.9. The largest absolute Gasteiger partial charge is 0.338 e. The lowest BCUT2D eigenvalue weighted by atomic mass is 9.91. The first-order chi connectivity index (χ1) is 12.7. The van der Waals surface area contributed by atoms with Gasteiger partial charge in [0.15, 0.2) is 0 Å². The number of piperazine rings is 1. The maximum Gasteiger partial charge on any atom is 0.250 e. The minimum Gasteiger partial charge on any atom is -0.338 e. The van der Waals surface area contributed by atoms with E-state index in [1.165, 1.54) is 18.4 Å². The molecule has 26 heavy (non-hydrogen) atoms. The number of rotatable bonds is 5. The fraction of sp³-hybridized carbons (Fsp3) is 0.619. The fourth-order valence-corrected chi connectivity index (χ4v) is 4.05. The first-order valence-electron chi connectivity index (χ1n) is 10.0. The first-order valence-corrected chi connectivity index (χ1v) is 10.0. The van der Waals surface area contributed by atoms with Crippen molar-refractivity contribution in [1.29, 1.82) is 0 Å². The summed E-state index contributed by atoms with van der Waals surface area (Å²) < 4.78 is 0. The minimum absolute atomic E-state index is 0.0689. The zero-order valence-electron chi connectivity index (χ0n) is 16.1. The second kappa shape index (κ2) is 8.67. The SMILES string of the molecule is CCCCN1CCN(C(=O)[C@H]2c3ccccc3CCN2C(=O)CC)CC1. The van der Waals surface area contributed by atoms with Crippen LogP contribution in [0.2, 0.25) is 0 Å². The number of carbonyl (C=O) groups is 2. The van der Waals surface area contributed by atoms with Gasteiger partial charge in [-0.3, -0.25) is 14.5 Å². The Morgan fingerprint density at radius 1 is 1.04 bits per heavy atom. The van der Waals surface area contributed by atoms with Gasteiger partial charge in [0.25, 0.3) is 0 Å². The van der Waals surface area contributed by atoms with Crippen LogP contribution < -0.4 is 0 Å². The molecule has 1 fully saturated rings. The maximum atomic E-state index is 13.4. The maximum absolute atomic E-state index is 13.4. The molecule has 0 unspecified atom stereocenters. The minimum atomic E-state index is -0.449. The van der Waals surface area contributed by atoms with Gasteiger partial charge in [0.1, 0.15) is 6.04 Å². The van der Waals surface area contributed by atoms with E-state index in [1.807, 2.05) is 30.0 Å². The smallest absolute Gasteiger partial charge is 0.250 e. The number of unbranched alkanes of at least 4 members (excludes halogenated alkanes) is 1. The van der Waals surface area contributed by atoms with Crippen LogP contribution in [0.15, 0.2) is 24.3 Å². The van der Waals surface area contributed by atoms with Crippen LogP contribution in [0, 0.1) is 0 Å². The van der Waals surface area contributed by atoms with Crippen molar-refractivity contribution >= 4 is 11.8 Å². The van der Waals surface area contributed by atoms with Crippen molar-refractivity contribution in [3.8, 4) is 0 Å². The van der Waals surface area contributed by atoms with Crippen molar-refractivity contribution in [3.63, 3.8) is 0 Å². The highest BCUT2D eigenvalue weighted by atomic mass is 16.2. The summed E-state index contributed by atoms with van der Waals surface area (Å²) in [6.45, 7) is 9.21. The molecule has 0 aromatic heterocycles. The van der Waals surface area contributed by atoms with E-state index in [0.717, 1.165) is 44.7 Å². The lowest BCUT2D eigenvalue weighted by Gasteiger charge is -2.41. The molecule has 5 heteroatoms. The van der Waals surface area contributed by atoms with Gasteiger partial charge in [0, 0.05) is 39.1 Å². The third kappa shape index (κ3) is 3.93. The molecule has 0 saturated carbocycles. The molecule has 2 aliphatic heterocycles. The summed E-state index contributed by atoms with van der Waals surface area (Å²) in [6.07, 6.45) is 3.68. The molecule has 0 N–H and O–H groups in total. The molecule has 2 heterocycles. The van der Waals surface area contributed by atoms with E-state index >= 15 is 0 Å².